The Kier molecular flexibility index (Phi) is 7.58. The maximum absolute atomic E-state index is 5.39. The van der Waals surface area contributed by atoms with Crippen molar-refractivity contribution in [1.29, 1.82) is 0 Å². The molecule has 1 heteroatoms. The molecular formula is C11H24O. The number of hydrogen-bond acceptors (Lipinski definition) is 1. The predicted molar refractivity (Wildman–Crippen MR) is 54.4 cm³/mol. The lowest BCUT2D eigenvalue weighted by molar-refractivity contribution is 0.0560. The van der Waals surface area contributed by atoms with Crippen LogP contribution in [0.3, 0.4) is 0 Å². The highest BCUT2D eigenvalue weighted by atomic mass is 16.5. The van der Waals surface area contributed by atoms with E-state index in [4.69, 9.17) is 4.74 Å². The molecule has 74 valence electrons. The van der Waals surface area contributed by atoms with Gasteiger partial charge in [-0.15, -0.1) is 0 Å². The first kappa shape index (κ1) is 12.0. The van der Waals surface area contributed by atoms with Crippen LogP contribution in [0.2, 0.25) is 0 Å². The van der Waals surface area contributed by atoms with Crippen LogP contribution >= 0.6 is 0 Å². The smallest absolute Gasteiger partial charge is 0.0594 e. The van der Waals surface area contributed by atoms with E-state index in [0.717, 1.165) is 0 Å². The van der Waals surface area contributed by atoms with E-state index in [1.807, 2.05) is 7.11 Å². The molecule has 1 atom stereocenters. The summed E-state index contributed by atoms with van der Waals surface area (Å²) in [5, 5.41) is 0. The van der Waals surface area contributed by atoms with E-state index in [-0.39, 0.29) is 0 Å². The van der Waals surface area contributed by atoms with Gasteiger partial charge in [0.2, 0.25) is 0 Å². The van der Waals surface area contributed by atoms with Crippen LogP contribution < -0.4 is 0 Å². The third kappa shape index (κ3) is 5.59. The number of rotatable bonds is 7. The van der Waals surface area contributed by atoms with Gasteiger partial charge in [-0.05, 0) is 12.3 Å². The van der Waals surface area contributed by atoms with Crippen molar-refractivity contribution in [3.05, 3.63) is 0 Å². The minimum absolute atomic E-state index is 0.474. The van der Waals surface area contributed by atoms with Gasteiger partial charge in [-0.1, -0.05) is 46.5 Å². The molecule has 0 aliphatic carbocycles. The molecule has 0 bridgehead atoms. The quantitative estimate of drug-likeness (QED) is 0.533. The van der Waals surface area contributed by atoms with Crippen molar-refractivity contribution in [3.8, 4) is 0 Å². The number of hydrogen-bond donors (Lipinski definition) is 0. The van der Waals surface area contributed by atoms with Crippen molar-refractivity contribution in [3.63, 3.8) is 0 Å². The van der Waals surface area contributed by atoms with Gasteiger partial charge in [0.15, 0.2) is 0 Å². The molecule has 0 radical (unpaired) electrons. The third-order valence-corrected chi connectivity index (χ3v) is 2.39. The Morgan fingerprint density at radius 2 is 1.75 bits per heavy atom. The van der Waals surface area contributed by atoms with Crippen LogP contribution in [0.1, 0.15) is 52.9 Å². The monoisotopic (exact) mass is 172 g/mol. The molecule has 0 saturated heterocycles. The fourth-order valence-electron chi connectivity index (χ4n) is 1.50. The van der Waals surface area contributed by atoms with Crippen LogP contribution in [0.4, 0.5) is 0 Å². The van der Waals surface area contributed by atoms with Crippen LogP contribution in [0.15, 0.2) is 0 Å². The fraction of sp³-hybridized carbons (Fsp3) is 1.00. The molecule has 12 heavy (non-hydrogen) atoms. The van der Waals surface area contributed by atoms with Crippen molar-refractivity contribution in [2.45, 2.75) is 59.0 Å². The molecule has 0 aromatic rings. The van der Waals surface area contributed by atoms with E-state index in [0.29, 0.717) is 12.0 Å². The fourth-order valence-corrected chi connectivity index (χ4v) is 1.50. The van der Waals surface area contributed by atoms with Crippen molar-refractivity contribution in [2.24, 2.45) is 5.92 Å². The summed E-state index contributed by atoms with van der Waals surface area (Å²) >= 11 is 0. The molecule has 1 unspecified atom stereocenters. The van der Waals surface area contributed by atoms with Crippen molar-refractivity contribution < 1.29 is 4.74 Å². The van der Waals surface area contributed by atoms with Gasteiger partial charge in [0.25, 0.3) is 0 Å². The van der Waals surface area contributed by atoms with Gasteiger partial charge < -0.3 is 4.74 Å². The highest BCUT2D eigenvalue weighted by molar-refractivity contribution is 4.61. The van der Waals surface area contributed by atoms with Crippen molar-refractivity contribution >= 4 is 0 Å². The summed E-state index contributed by atoms with van der Waals surface area (Å²) in [4.78, 5) is 0. The highest BCUT2D eigenvalue weighted by Gasteiger charge is 2.10. The summed E-state index contributed by atoms with van der Waals surface area (Å²) < 4.78 is 5.39. The zero-order valence-electron chi connectivity index (χ0n) is 9.10. The minimum atomic E-state index is 0.474. The Labute approximate surface area is 77.5 Å². The molecule has 1 nitrogen and oxygen atoms in total. The summed E-state index contributed by atoms with van der Waals surface area (Å²) in [6, 6.07) is 0. The van der Waals surface area contributed by atoms with E-state index in [9.17, 15) is 0 Å². The molecular weight excluding hydrogens is 148 g/mol. The van der Waals surface area contributed by atoms with Crippen molar-refractivity contribution in [2.75, 3.05) is 7.11 Å². The zero-order chi connectivity index (χ0) is 9.40. The topological polar surface area (TPSA) is 9.23 Å². The molecule has 0 aliphatic rings. The average molecular weight is 172 g/mol. The first-order valence-corrected chi connectivity index (χ1v) is 5.25. The predicted octanol–water partition coefficient (Wildman–Crippen LogP) is 3.63. The Hall–Kier alpha value is -0.0400. The Morgan fingerprint density at radius 3 is 2.17 bits per heavy atom. The largest absolute Gasteiger partial charge is 0.381 e. The second kappa shape index (κ2) is 7.60. The SMILES string of the molecule is CCCCCCC(OC)C(C)C. The molecule has 0 N–H and O–H groups in total. The zero-order valence-corrected chi connectivity index (χ0v) is 9.10. The van der Waals surface area contributed by atoms with E-state index in [1.54, 1.807) is 0 Å². The summed E-state index contributed by atoms with van der Waals surface area (Å²) in [5.41, 5.74) is 0. The van der Waals surface area contributed by atoms with Crippen LogP contribution in [0, 0.1) is 5.92 Å². The first-order valence-electron chi connectivity index (χ1n) is 5.25. The lowest BCUT2D eigenvalue weighted by atomic mass is 10.0. The Morgan fingerprint density at radius 1 is 1.08 bits per heavy atom. The highest BCUT2D eigenvalue weighted by Crippen LogP contribution is 2.14. The number of methoxy groups -OCH3 is 1. The standard InChI is InChI=1S/C11H24O/c1-5-6-7-8-9-11(12-4)10(2)3/h10-11H,5-9H2,1-4H3. The molecule has 0 heterocycles. The van der Waals surface area contributed by atoms with Gasteiger partial charge >= 0.3 is 0 Å². The number of ether oxygens (including phenoxy) is 1. The van der Waals surface area contributed by atoms with Gasteiger partial charge in [0.1, 0.15) is 0 Å². The molecule has 0 amide bonds. The summed E-state index contributed by atoms with van der Waals surface area (Å²) in [5.74, 6) is 0.664. The summed E-state index contributed by atoms with van der Waals surface area (Å²) in [6.07, 6.45) is 7.08. The van der Waals surface area contributed by atoms with E-state index < -0.39 is 0 Å². The number of unbranched alkanes of at least 4 members (excludes halogenated alkanes) is 3. The van der Waals surface area contributed by atoms with Gasteiger partial charge in [-0.25, -0.2) is 0 Å². The molecule has 0 spiro atoms. The van der Waals surface area contributed by atoms with Gasteiger partial charge in [0, 0.05) is 7.11 Å². The normalized spacial score (nSPS) is 13.8. The van der Waals surface area contributed by atoms with E-state index in [1.165, 1.54) is 32.1 Å². The summed E-state index contributed by atoms with van der Waals surface area (Å²) in [6.45, 7) is 6.71. The molecule has 0 rings (SSSR count). The van der Waals surface area contributed by atoms with Gasteiger partial charge in [0.05, 0.1) is 6.10 Å². The molecule has 0 fully saturated rings. The van der Waals surface area contributed by atoms with Crippen molar-refractivity contribution in [1.82, 2.24) is 0 Å². The Bertz CT molecular complexity index is 89.0. The average Bonchev–Trinajstić information content (AvgIpc) is 2.04. The van der Waals surface area contributed by atoms with Crippen LogP contribution in [0.5, 0.6) is 0 Å². The molecule has 0 saturated carbocycles. The lowest BCUT2D eigenvalue weighted by Gasteiger charge is -2.18. The van der Waals surface area contributed by atoms with Gasteiger partial charge in [-0.3, -0.25) is 0 Å². The Balaban J connectivity index is 3.32. The van der Waals surface area contributed by atoms with Gasteiger partial charge in [-0.2, -0.15) is 0 Å². The molecule has 0 aliphatic heterocycles. The van der Waals surface area contributed by atoms with Crippen LogP contribution in [-0.2, 0) is 4.74 Å². The third-order valence-electron chi connectivity index (χ3n) is 2.39. The lowest BCUT2D eigenvalue weighted by Crippen LogP contribution is -2.17. The second-order valence-corrected chi connectivity index (χ2v) is 3.87. The van der Waals surface area contributed by atoms with Crippen LogP contribution in [0.25, 0.3) is 0 Å². The second-order valence-electron chi connectivity index (χ2n) is 3.87. The van der Waals surface area contributed by atoms with Crippen LogP contribution in [-0.4, -0.2) is 13.2 Å². The maximum Gasteiger partial charge on any atom is 0.0594 e. The molecule has 0 aromatic carbocycles. The van der Waals surface area contributed by atoms with E-state index >= 15 is 0 Å². The maximum atomic E-state index is 5.39. The minimum Gasteiger partial charge on any atom is -0.381 e. The molecule has 0 aromatic heterocycles. The van der Waals surface area contributed by atoms with E-state index in [2.05, 4.69) is 20.8 Å². The summed E-state index contributed by atoms with van der Waals surface area (Å²) in [7, 11) is 1.82. The first-order chi connectivity index (χ1) is 5.72.